The number of nitrogen functional groups attached to an aromatic ring is 1. The standard InChI is InChI=1S/C12H12BrFN4O/c1-6-10(14)12(18-15)17-11(16-6)8-5-7(19-2)3-4-9(8)13/h3-5H,15H2,1-2H3,(H,16,17,18). The molecule has 0 aliphatic rings. The van der Waals surface area contributed by atoms with E-state index in [0.717, 1.165) is 4.47 Å². The Labute approximate surface area is 118 Å². The van der Waals surface area contributed by atoms with Crippen LogP contribution in [0, 0.1) is 12.7 Å². The topological polar surface area (TPSA) is 73.1 Å². The second kappa shape index (κ2) is 5.50. The van der Waals surface area contributed by atoms with Crippen molar-refractivity contribution in [3.8, 4) is 17.1 Å². The van der Waals surface area contributed by atoms with Gasteiger partial charge in [-0.2, -0.15) is 0 Å². The van der Waals surface area contributed by atoms with Gasteiger partial charge in [-0.05, 0) is 25.1 Å². The Bertz CT molecular complexity index is 621. The summed E-state index contributed by atoms with van der Waals surface area (Å²) in [5.41, 5.74) is 3.13. The quantitative estimate of drug-likeness (QED) is 0.670. The maximum absolute atomic E-state index is 13.6. The first-order valence-electron chi connectivity index (χ1n) is 5.41. The maximum atomic E-state index is 13.6. The van der Waals surface area contributed by atoms with Gasteiger partial charge in [0.05, 0.1) is 12.8 Å². The predicted molar refractivity (Wildman–Crippen MR) is 74.2 cm³/mol. The van der Waals surface area contributed by atoms with Crippen LogP contribution < -0.4 is 16.0 Å². The van der Waals surface area contributed by atoms with E-state index >= 15 is 0 Å². The molecule has 1 aromatic carbocycles. The Morgan fingerprint density at radius 2 is 2.11 bits per heavy atom. The van der Waals surface area contributed by atoms with Crippen molar-refractivity contribution in [2.45, 2.75) is 6.92 Å². The molecule has 0 bridgehead atoms. The lowest BCUT2D eigenvalue weighted by molar-refractivity contribution is 0.415. The fourth-order valence-corrected chi connectivity index (χ4v) is 2.00. The number of methoxy groups -OCH3 is 1. The number of anilines is 1. The van der Waals surface area contributed by atoms with E-state index in [4.69, 9.17) is 10.6 Å². The molecule has 0 atom stereocenters. The highest BCUT2D eigenvalue weighted by molar-refractivity contribution is 9.10. The molecule has 5 nitrogen and oxygen atoms in total. The monoisotopic (exact) mass is 326 g/mol. The number of ether oxygens (including phenoxy) is 1. The van der Waals surface area contributed by atoms with Gasteiger partial charge < -0.3 is 10.2 Å². The smallest absolute Gasteiger partial charge is 0.187 e. The van der Waals surface area contributed by atoms with Crippen molar-refractivity contribution in [3.63, 3.8) is 0 Å². The van der Waals surface area contributed by atoms with Crippen LogP contribution in [0.1, 0.15) is 5.69 Å². The molecule has 3 N–H and O–H groups in total. The number of hydrogen-bond acceptors (Lipinski definition) is 5. The number of nitrogens with zero attached hydrogens (tertiary/aromatic N) is 2. The van der Waals surface area contributed by atoms with Gasteiger partial charge in [0.25, 0.3) is 0 Å². The largest absolute Gasteiger partial charge is 0.497 e. The number of rotatable bonds is 3. The van der Waals surface area contributed by atoms with Crippen molar-refractivity contribution < 1.29 is 9.13 Å². The summed E-state index contributed by atoms with van der Waals surface area (Å²) in [6.45, 7) is 1.55. The number of nitrogens with one attached hydrogen (secondary N) is 1. The number of aryl methyl sites for hydroxylation is 1. The van der Waals surface area contributed by atoms with Crippen LogP contribution in [0.5, 0.6) is 5.75 Å². The molecule has 0 aliphatic heterocycles. The number of halogens is 2. The summed E-state index contributed by atoms with van der Waals surface area (Å²) >= 11 is 3.40. The van der Waals surface area contributed by atoms with Crippen LogP contribution in [0.3, 0.4) is 0 Å². The van der Waals surface area contributed by atoms with Crippen LogP contribution in [-0.4, -0.2) is 17.1 Å². The van der Waals surface area contributed by atoms with Crippen molar-refractivity contribution in [2.24, 2.45) is 5.84 Å². The molecule has 0 aliphatic carbocycles. The van der Waals surface area contributed by atoms with E-state index in [1.807, 2.05) is 6.07 Å². The molecule has 0 fully saturated rings. The molecule has 0 amide bonds. The summed E-state index contributed by atoms with van der Waals surface area (Å²) in [4.78, 5) is 8.17. The van der Waals surface area contributed by atoms with Gasteiger partial charge in [-0.3, -0.25) is 0 Å². The van der Waals surface area contributed by atoms with Crippen LogP contribution in [-0.2, 0) is 0 Å². The van der Waals surface area contributed by atoms with Gasteiger partial charge >= 0.3 is 0 Å². The van der Waals surface area contributed by atoms with Gasteiger partial charge in [-0.1, -0.05) is 15.9 Å². The van der Waals surface area contributed by atoms with E-state index < -0.39 is 5.82 Å². The first kappa shape index (κ1) is 13.7. The Morgan fingerprint density at radius 1 is 1.37 bits per heavy atom. The Morgan fingerprint density at radius 3 is 2.74 bits per heavy atom. The van der Waals surface area contributed by atoms with Crippen LogP contribution in [0.4, 0.5) is 10.2 Å². The highest BCUT2D eigenvalue weighted by atomic mass is 79.9. The Balaban J connectivity index is 2.61. The van der Waals surface area contributed by atoms with Gasteiger partial charge in [0.1, 0.15) is 5.75 Å². The summed E-state index contributed by atoms with van der Waals surface area (Å²) < 4.78 is 19.6. The lowest BCUT2D eigenvalue weighted by Crippen LogP contribution is -2.13. The van der Waals surface area contributed by atoms with E-state index in [1.165, 1.54) is 0 Å². The van der Waals surface area contributed by atoms with Crippen molar-refractivity contribution in [3.05, 3.63) is 34.2 Å². The first-order valence-corrected chi connectivity index (χ1v) is 6.20. The van der Waals surface area contributed by atoms with Gasteiger partial charge in [-0.25, -0.2) is 20.2 Å². The molecular formula is C12H12BrFN4O. The van der Waals surface area contributed by atoms with Gasteiger partial charge in [-0.15, -0.1) is 0 Å². The number of hydrogen-bond donors (Lipinski definition) is 2. The second-order valence-corrected chi connectivity index (χ2v) is 4.64. The molecule has 100 valence electrons. The van der Waals surface area contributed by atoms with E-state index in [0.29, 0.717) is 17.1 Å². The maximum Gasteiger partial charge on any atom is 0.187 e. The summed E-state index contributed by atoms with van der Waals surface area (Å²) in [6, 6.07) is 5.37. The molecule has 0 radical (unpaired) electrons. The fraction of sp³-hybridized carbons (Fsp3) is 0.167. The van der Waals surface area contributed by atoms with Crippen molar-refractivity contribution >= 4 is 21.7 Å². The van der Waals surface area contributed by atoms with Crippen molar-refractivity contribution in [1.29, 1.82) is 0 Å². The Hall–Kier alpha value is -1.73. The number of nitrogens with two attached hydrogens (primary N) is 1. The van der Waals surface area contributed by atoms with Crippen LogP contribution >= 0.6 is 15.9 Å². The second-order valence-electron chi connectivity index (χ2n) is 3.79. The molecule has 1 aromatic heterocycles. The molecule has 0 spiro atoms. The lowest BCUT2D eigenvalue weighted by atomic mass is 10.2. The molecule has 1 heterocycles. The molecule has 0 unspecified atom stereocenters. The zero-order chi connectivity index (χ0) is 14.0. The minimum Gasteiger partial charge on any atom is -0.497 e. The summed E-state index contributed by atoms with van der Waals surface area (Å²) in [6.07, 6.45) is 0. The summed E-state index contributed by atoms with van der Waals surface area (Å²) in [7, 11) is 1.57. The molecule has 0 saturated carbocycles. The molecule has 2 aromatic rings. The van der Waals surface area contributed by atoms with E-state index in [9.17, 15) is 4.39 Å². The number of benzene rings is 1. The average molecular weight is 327 g/mol. The zero-order valence-electron chi connectivity index (χ0n) is 10.4. The highest BCUT2D eigenvalue weighted by Gasteiger charge is 2.14. The third kappa shape index (κ3) is 2.66. The van der Waals surface area contributed by atoms with E-state index in [1.54, 1.807) is 26.2 Å². The van der Waals surface area contributed by atoms with Gasteiger partial charge in [0.15, 0.2) is 17.5 Å². The summed E-state index contributed by atoms with van der Waals surface area (Å²) in [5, 5.41) is 0. The third-order valence-corrected chi connectivity index (χ3v) is 3.26. The van der Waals surface area contributed by atoms with E-state index in [-0.39, 0.29) is 11.5 Å². The molecule has 2 rings (SSSR count). The average Bonchev–Trinajstić information content (AvgIpc) is 2.42. The zero-order valence-corrected chi connectivity index (χ0v) is 12.0. The van der Waals surface area contributed by atoms with Crippen LogP contribution in [0.25, 0.3) is 11.4 Å². The minimum absolute atomic E-state index is 0.0442. The third-order valence-electron chi connectivity index (χ3n) is 2.57. The van der Waals surface area contributed by atoms with Gasteiger partial charge in [0, 0.05) is 10.0 Å². The fourth-order valence-electron chi connectivity index (χ4n) is 1.58. The lowest BCUT2D eigenvalue weighted by Gasteiger charge is -2.09. The molecule has 19 heavy (non-hydrogen) atoms. The normalized spacial score (nSPS) is 10.4. The molecular weight excluding hydrogens is 315 g/mol. The predicted octanol–water partition coefficient (Wildman–Crippen LogP) is 2.65. The van der Waals surface area contributed by atoms with Gasteiger partial charge in [0.2, 0.25) is 0 Å². The summed E-state index contributed by atoms with van der Waals surface area (Å²) in [5.74, 6) is 5.65. The van der Waals surface area contributed by atoms with E-state index in [2.05, 4.69) is 31.3 Å². The first-order chi connectivity index (χ1) is 9.06. The number of hydrazine groups is 1. The number of aromatic nitrogens is 2. The molecule has 0 saturated heterocycles. The SMILES string of the molecule is COc1ccc(Br)c(-c2nc(C)c(F)c(NN)n2)c1. The van der Waals surface area contributed by atoms with Crippen molar-refractivity contribution in [2.75, 3.05) is 12.5 Å². The molecule has 7 heteroatoms. The van der Waals surface area contributed by atoms with Crippen LogP contribution in [0.2, 0.25) is 0 Å². The van der Waals surface area contributed by atoms with Crippen molar-refractivity contribution in [1.82, 2.24) is 9.97 Å². The minimum atomic E-state index is -0.565. The van der Waals surface area contributed by atoms with Crippen LogP contribution in [0.15, 0.2) is 22.7 Å². The highest BCUT2D eigenvalue weighted by Crippen LogP contribution is 2.31. The Kier molecular flexibility index (Phi) is 3.96.